The Balaban J connectivity index is 0.886. The van der Waals surface area contributed by atoms with Crippen LogP contribution in [0.4, 0.5) is 0 Å². The predicted molar refractivity (Wildman–Crippen MR) is 263 cm³/mol. The Labute approximate surface area is 403 Å². The fraction of sp³-hybridized carbons (Fsp3) is 0.462. The molecule has 6 amide bonds. The predicted octanol–water partition coefficient (Wildman–Crippen LogP) is 6.25. The van der Waals surface area contributed by atoms with E-state index >= 15 is 0 Å². The van der Waals surface area contributed by atoms with E-state index in [1.807, 2.05) is 81.4 Å². The standard InChI is InChI=1S/C52H66N8O7S/c1-34(38-14-16-39(17-15-38)46-35(2)56-33-68-46)57-49(65)43-30-42(61)32-60(43)51(67)47(52(3,4)5)58-45(63)12-9-27-55-48(64)40-18-20-41(21-19-40)50(66)59-28-23-36(24-29-59)10-6-7-26-54-44(62)22-13-37-11-8-25-53-31-37/h8,11,13-22,25,31,33-34,36,42-43,47,61H,6-7,9-10,12,23-24,26-30,32H2,1-5H3,(H,54,62)(H,55,64)(H,57,65)(H,58,63). The molecule has 4 aromatic rings. The van der Waals surface area contributed by atoms with Gasteiger partial charge in [-0.15, -0.1) is 11.3 Å². The highest BCUT2D eigenvalue weighted by Gasteiger charge is 2.44. The second-order valence-corrected chi connectivity index (χ2v) is 19.8. The van der Waals surface area contributed by atoms with Gasteiger partial charge in [0.1, 0.15) is 12.1 Å². The lowest BCUT2D eigenvalue weighted by atomic mass is 9.85. The van der Waals surface area contributed by atoms with Gasteiger partial charge in [0.15, 0.2) is 0 Å². The summed E-state index contributed by atoms with van der Waals surface area (Å²) in [5.74, 6) is -1.20. The molecule has 15 nitrogen and oxygen atoms in total. The fourth-order valence-corrected chi connectivity index (χ4v) is 9.46. The van der Waals surface area contributed by atoms with Gasteiger partial charge in [-0.1, -0.05) is 63.9 Å². The van der Waals surface area contributed by atoms with Crippen LogP contribution in [0.2, 0.25) is 0 Å². The van der Waals surface area contributed by atoms with Crippen LogP contribution in [0, 0.1) is 18.3 Å². The van der Waals surface area contributed by atoms with E-state index in [2.05, 4.69) is 31.2 Å². The van der Waals surface area contributed by atoms with Crippen molar-refractivity contribution in [3.8, 4) is 10.4 Å². The third-order valence-corrected chi connectivity index (χ3v) is 13.6. The first-order chi connectivity index (χ1) is 32.6. The smallest absolute Gasteiger partial charge is 0.253 e. The lowest BCUT2D eigenvalue weighted by Gasteiger charge is -2.35. The number of likely N-dealkylation sites (tertiary alicyclic amines) is 2. The number of nitrogens with one attached hydrogen (secondary N) is 4. The number of carbonyl (C=O) groups is 6. The van der Waals surface area contributed by atoms with Crippen molar-refractivity contribution < 1.29 is 33.9 Å². The van der Waals surface area contributed by atoms with Crippen LogP contribution in [0.25, 0.3) is 16.5 Å². The molecule has 0 spiro atoms. The Hall–Kier alpha value is -6.26. The van der Waals surface area contributed by atoms with Gasteiger partial charge in [0.25, 0.3) is 11.8 Å². The first kappa shape index (κ1) is 51.1. The van der Waals surface area contributed by atoms with Crippen molar-refractivity contribution in [1.82, 2.24) is 41.0 Å². The number of pyridine rings is 1. The first-order valence-corrected chi connectivity index (χ1v) is 24.6. The highest BCUT2D eigenvalue weighted by Crippen LogP contribution is 2.30. The van der Waals surface area contributed by atoms with E-state index in [0.29, 0.717) is 43.1 Å². The summed E-state index contributed by atoms with van der Waals surface area (Å²) in [6, 6.07) is 16.0. The minimum absolute atomic E-state index is 0.0320. The molecule has 2 aliphatic rings. The number of benzene rings is 2. The largest absolute Gasteiger partial charge is 0.391 e. The maximum Gasteiger partial charge on any atom is 0.253 e. The number of hydrogen-bond donors (Lipinski definition) is 5. The Bertz CT molecular complexity index is 2370. The van der Waals surface area contributed by atoms with Crippen molar-refractivity contribution in [2.75, 3.05) is 32.7 Å². The van der Waals surface area contributed by atoms with Crippen molar-refractivity contribution >= 4 is 52.9 Å². The maximum atomic E-state index is 14.1. The van der Waals surface area contributed by atoms with Gasteiger partial charge in [0, 0.05) is 75.2 Å². The van der Waals surface area contributed by atoms with Crippen LogP contribution in [-0.4, -0.2) is 111 Å². The monoisotopic (exact) mass is 946 g/mol. The molecule has 0 radical (unpaired) electrons. The van der Waals surface area contributed by atoms with Gasteiger partial charge in [-0.05, 0) is 104 Å². The van der Waals surface area contributed by atoms with Crippen LogP contribution in [0.3, 0.4) is 0 Å². The van der Waals surface area contributed by atoms with Crippen LogP contribution >= 0.6 is 11.3 Å². The molecule has 4 heterocycles. The summed E-state index contributed by atoms with van der Waals surface area (Å²) < 4.78 is 0. The third-order valence-electron chi connectivity index (χ3n) is 12.7. The molecule has 68 heavy (non-hydrogen) atoms. The van der Waals surface area contributed by atoms with Crippen molar-refractivity contribution in [1.29, 1.82) is 0 Å². The molecule has 0 aliphatic carbocycles. The van der Waals surface area contributed by atoms with E-state index in [1.165, 1.54) is 11.0 Å². The number of carbonyl (C=O) groups excluding carboxylic acids is 6. The van der Waals surface area contributed by atoms with E-state index in [-0.39, 0.29) is 61.5 Å². The number of amides is 6. The number of aromatic nitrogens is 2. The zero-order valence-electron chi connectivity index (χ0n) is 39.8. The van der Waals surface area contributed by atoms with E-state index in [4.69, 9.17) is 0 Å². The SMILES string of the molecule is Cc1ncsc1-c1ccc(C(C)NC(=O)C2CC(O)CN2C(=O)C(NC(=O)CCCNC(=O)c2ccc(C(=O)N3CCC(CCCCNC(=O)C=Cc4cccnc4)CC3)cc2)C(C)(C)C)cc1. The molecule has 0 bridgehead atoms. The van der Waals surface area contributed by atoms with Gasteiger partial charge in [-0.2, -0.15) is 0 Å². The molecule has 2 aromatic heterocycles. The number of β-amino-alcohol motifs (C(OH)–C–C–N with tert-alkyl or cyclic N) is 1. The lowest BCUT2D eigenvalue weighted by molar-refractivity contribution is -0.144. The molecule has 4 unspecified atom stereocenters. The highest BCUT2D eigenvalue weighted by molar-refractivity contribution is 7.13. The Morgan fingerprint density at radius 3 is 2.26 bits per heavy atom. The fourth-order valence-electron chi connectivity index (χ4n) is 8.65. The number of rotatable bonds is 19. The van der Waals surface area contributed by atoms with Crippen LogP contribution in [-0.2, 0) is 19.2 Å². The van der Waals surface area contributed by atoms with Crippen LogP contribution in [0.5, 0.6) is 0 Å². The molecule has 2 aliphatic heterocycles. The summed E-state index contributed by atoms with van der Waals surface area (Å²) >= 11 is 1.57. The summed E-state index contributed by atoms with van der Waals surface area (Å²) in [7, 11) is 0. The number of hydrogen-bond acceptors (Lipinski definition) is 10. The maximum absolute atomic E-state index is 14.1. The number of piperidine rings is 1. The number of aliphatic hydroxyl groups excluding tert-OH is 1. The van der Waals surface area contributed by atoms with Gasteiger partial charge < -0.3 is 36.2 Å². The number of aryl methyl sites for hydroxylation is 1. The normalized spacial score (nSPS) is 17.4. The van der Waals surface area contributed by atoms with Crippen molar-refractivity contribution in [2.45, 2.75) is 110 Å². The molecule has 2 aromatic carbocycles. The number of thiazole rings is 1. The van der Waals surface area contributed by atoms with Crippen molar-refractivity contribution in [3.05, 3.63) is 113 Å². The zero-order valence-corrected chi connectivity index (χ0v) is 40.6. The molecule has 2 fully saturated rings. The third kappa shape index (κ3) is 14.4. The minimum atomic E-state index is -0.970. The summed E-state index contributed by atoms with van der Waals surface area (Å²) in [5, 5.41) is 22.3. The molecule has 6 rings (SSSR count). The van der Waals surface area contributed by atoms with E-state index in [1.54, 1.807) is 54.1 Å². The molecular formula is C52H66N8O7S. The number of aliphatic hydroxyl groups is 1. The van der Waals surface area contributed by atoms with Crippen LogP contribution in [0.1, 0.15) is 123 Å². The van der Waals surface area contributed by atoms with Crippen LogP contribution in [0.15, 0.2) is 84.6 Å². The Morgan fingerprint density at radius 2 is 1.60 bits per heavy atom. The number of nitrogens with zero attached hydrogens (tertiary/aromatic N) is 4. The van der Waals surface area contributed by atoms with E-state index < -0.39 is 29.5 Å². The van der Waals surface area contributed by atoms with Gasteiger partial charge in [-0.3, -0.25) is 33.8 Å². The summed E-state index contributed by atoms with van der Waals surface area (Å²) in [4.78, 5) is 92.1. The van der Waals surface area contributed by atoms with E-state index in [0.717, 1.165) is 59.4 Å². The minimum Gasteiger partial charge on any atom is -0.391 e. The zero-order chi connectivity index (χ0) is 48.8. The Kier molecular flexibility index (Phi) is 18.2. The second-order valence-electron chi connectivity index (χ2n) is 19.0. The molecule has 2 saturated heterocycles. The first-order valence-electron chi connectivity index (χ1n) is 23.7. The molecular weight excluding hydrogens is 881 g/mol. The lowest BCUT2D eigenvalue weighted by Crippen LogP contribution is -2.57. The Morgan fingerprint density at radius 1 is 0.897 bits per heavy atom. The quantitative estimate of drug-likeness (QED) is 0.0533. The van der Waals surface area contributed by atoms with Gasteiger partial charge in [0.05, 0.1) is 28.2 Å². The second kappa shape index (κ2) is 24.2. The molecule has 0 saturated carbocycles. The summed E-state index contributed by atoms with van der Waals surface area (Å²) in [6.45, 7) is 11.5. The van der Waals surface area contributed by atoms with Crippen LogP contribution < -0.4 is 21.3 Å². The van der Waals surface area contributed by atoms with Crippen molar-refractivity contribution in [3.63, 3.8) is 0 Å². The average Bonchev–Trinajstić information content (AvgIpc) is 3.96. The van der Waals surface area contributed by atoms with Gasteiger partial charge in [-0.25, -0.2) is 4.98 Å². The summed E-state index contributed by atoms with van der Waals surface area (Å²) in [5.41, 5.74) is 5.76. The van der Waals surface area contributed by atoms with Gasteiger partial charge >= 0.3 is 0 Å². The highest BCUT2D eigenvalue weighted by atomic mass is 32.1. The number of unbranched alkanes of at least 4 members (excludes halogenated alkanes) is 1. The molecule has 4 atom stereocenters. The molecule has 362 valence electrons. The molecule has 5 N–H and O–H groups in total. The topological polar surface area (TPSA) is 203 Å². The van der Waals surface area contributed by atoms with Gasteiger partial charge in [0.2, 0.25) is 23.6 Å². The van der Waals surface area contributed by atoms with E-state index in [9.17, 15) is 33.9 Å². The summed E-state index contributed by atoms with van der Waals surface area (Å²) in [6.07, 6.45) is 11.0. The molecule has 16 heteroatoms. The van der Waals surface area contributed by atoms with Crippen molar-refractivity contribution in [2.24, 2.45) is 11.3 Å². The average molecular weight is 947 g/mol.